The summed E-state index contributed by atoms with van der Waals surface area (Å²) < 4.78 is 16.4. The van der Waals surface area contributed by atoms with Crippen molar-refractivity contribution in [2.75, 3.05) is 21.3 Å². The summed E-state index contributed by atoms with van der Waals surface area (Å²) in [6.07, 6.45) is 0. The number of rotatable bonds is 5. The van der Waals surface area contributed by atoms with E-state index in [0.717, 1.165) is 4.47 Å². The third kappa shape index (κ3) is 3.19. The van der Waals surface area contributed by atoms with E-state index in [4.69, 9.17) is 14.2 Å². The highest BCUT2D eigenvalue weighted by Gasteiger charge is 2.14. The molecule has 0 unspecified atom stereocenters. The van der Waals surface area contributed by atoms with Gasteiger partial charge in [-0.2, -0.15) is 0 Å². The van der Waals surface area contributed by atoms with Crippen LogP contribution in [0.5, 0.6) is 17.2 Å². The highest BCUT2D eigenvalue weighted by molar-refractivity contribution is 9.10. The van der Waals surface area contributed by atoms with Gasteiger partial charge in [0.2, 0.25) is 0 Å². The molecule has 0 N–H and O–H groups in total. The number of benzene rings is 2. The van der Waals surface area contributed by atoms with Crippen LogP contribution in [0.3, 0.4) is 0 Å². The summed E-state index contributed by atoms with van der Waals surface area (Å²) in [5.41, 5.74) is 1.07. The van der Waals surface area contributed by atoms with E-state index in [1.165, 1.54) is 7.11 Å². The van der Waals surface area contributed by atoms with Crippen molar-refractivity contribution in [3.63, 3.8) is 0 Å². The summed E-state index contributed by atoms with van der Waals surface area (Å²) in [5, 5.41) is 0. The van der Waals surface area contributed by atoms with E-state index >= 15 is 0 Å². The molecule has 0 saturated carbocycles. The molecule has 2 rings (SSSR count). The van der Waals surface area contributed by atoms with Crippen LogP contribution in [-0.4, -0.2) is 27.1 Å². The van der Waals surface area contributed by atoms with Gasteiger partial charge in [0, 0.05) is 11.1 Å². The van der Waals surface area contributed by atoms with Gasteiger partial charge in [0.25, 0.3) is 0 Å². The van der Waals surface area contributed by atoms with Crippen LogP contribution in [-0.2, 0) is 0 Å². The lowest BCUT2D eigenvalue weighted by atomic mass is 10.0. The number of hydrogen-bond donors (Lipinski definition) is 0. The van der Waals surface area contributed by atoms with E-state index in [2.05, 4.69) is 15.9 Å². The van der Waals surface area contributed by atoms with Crippen molar-refractivity contribution in [1.82, 2.24) is 0 Å². The zero-order valence-electron chi connectivity index (χ0n) is 12.0. The Morgan fingerprint density at radius 2 is 1.33 bits per heavy atom. The Labute approximate surface area is 131 Å². The smallest absolute Gasteiger partial charge is 0.193 e. The third-order valence-corrected chi connectivity index (χ3v) is 3.71. The molecule has 4 nitrogen and oxygen atoms in total. The quantitative estimate of drug-likeness (QED) is 0.771. The van der Waals surface area contributed by atoms with E-state index in [9.17, 15) is 4.79 Å². The van der Waals surface area contributed by atoms with Crippen molar-refractivity contribution >= 4 is 21.7 Å². The maximum Gasteiger partial charge on any atom is 0.193 e. The first kappa shape index (κ1) is 15.4. The molecule has 0 amide bonds. The van der Waals surface area contributed by atoms with Crippen LogP contribution in [0.15, 0.2) is 40.9 Å². The number of ether oxygens (including phenoxy) is 3. The highest BCUT2D eigenvalue weighted by atomic mass is 79.9. The van der Waals surface area contributed by atoms with Gasteiger partial charge in [-0.1, -0.05) is 0 Å². The van der Waals surface area contributed by atoms with Crippen LogP contribution in [0.1, 0.15) is 15.9 Å². The number of ketones is 1. The van der Waals surface area contributed by atoms with Crippen LogP contribution in [0.2, 0.25) is 0 Å². The van der Waals surface area contributed by atoms with E-state index in [1.807, 2.05) is 0 Å². The molecule has 5 heteroatoms. The van der Waals surface area contributed by atoms with Crippen LogP contribution >= 0.6 is 15.9 Å². The fraction of sp³-hybridized carbons (Fsp3) is 0.188. The van der Waals surface area contributed by atoms with Gasteiger partial charge >= 0.3 is 0 Å². The maximum atomic E-state index is 12.5. The van der Waals surface area contributed by atoms with E-state index in [1.54, 1.807) is 50.6 Å². The normalized spacial score (nSPS) is 10.1. The number of carbonyl (C=O) groups excluding carboxylic acids is 1. The minimum atomic E-state index is -0.109. The molecule has 21 heavy (non-hydrogen) atoms. The number of methoxy groups -OCH3 is 3. The standard InChI is InChI=1S/C16H15BrO4/c1-19-13-7-5-11(9-15(13)21-3)16(18)10-4-6-12(17)14(8-10)20-2/h4-9H,1-3H3. The molecule has 0 spiro atoms. The summed E-state index contributed by atoms with van der Waals surface area (Å²) in [6.45, 7) is 0. The van der Waals surface area contributed by atoms with E-state index in [0.29, 0.717) is 28.4 Å². The zero-order valence-corrected chi connectivity index (χ0v) is 13.6. The fourth-order valence-electron chi connectivity index (χ4n) is 1.95. The monoisotopic (exact) mass is 350 g/mol. The topological polar surface area (TPSA) is 44.8 Å². The minimum absolute atomic E-state index is 0.109. The van der Waals surface area contributed by atoms with Crippen molar-refractivity contribution in [2.24, 2.45) is 0 Å². The fourth-order valence-corrected chi connectivity index (χ4v) is 2.35. The van der Waals surface area contributed by atoms with Crippen LogP contribution in [0, 0.1) is 0 Å². The molecule has 0 aromatic heterocycles. The summed E-state index contributed by atoms with van der Waals surface area (Å²) in [7, 11) is 4.65. The van der Waals surface area contributed by atoms with Gasteiger partial charge in [0.05, 0.1) is 25.8 Å². The predicted octanol–water partition coefficient (Wildman–Crippen LogP) is 3.71. The second-order valence-electron chi connectivity index (χ2n) is 4.25. The predicted molar refractivity (Wildman–Crippen MR) is 83.7 cm³/mol. The highest BCUT2D eigenvalue weighted by Crippen LogP contribution is 2.30. The molecule has 2 aromatic carbocycles. The number of carbonyl (C=O) groups is 1. The molecular weight excluding hydrogens is 336 g/mol. The van der Waals surface area contributed by atoms with Gasteiger partial charge in [0.15, 0.2) is 17.3 Å². The lowest BCUT2D eigenvalue weighted by molar-refractivity contribution is 0.103. The molecular formula is C16H15BrO4. The Balaban J connectivity index is 2.40. The molecule has 0 heterocycles. The second kappa shape index (κ2) is 6.63. The Kier molecular flexibility index (Phi) is 4.85. The summed E-state index contributed by atoms with van der Waals surface area (Å²) in [4.78, 5) is 12.5. The van der Waals surface area contributed by atoms with Crippen molar-refractivity contribution in [3.05, 3.63) is 52.0 Å². The van der Waals surface area contributed by atoms with E-state index < -0.39 is 0 Å². The van der Waals surface area contributed by atoms with Gasteiger partial charge in [-0.05, 0) is 52.3 Å². The van der Waals surface area contributed by atoms with Gasteiger partial charge in [-0.15, -0.1) is 0 Å². The van der Waals surface area contributed by atoms with Gasteiger partial charge < -0.3 is 14.2 Å². The zero-order chi connectivity index (χ0) is 15.4. The number of halogens is 1. The molecule has 0 atom stereocenters. The summed E-state index contributed by atoms with van der Waals surface area (Å²) >= 11 is 3.36. The first-order valence-corrected chi connectivity index (χ1v) is 7.00. The van der Waals surface area contributed by atoms with Crippen LogP contribution in [0.25, 0.3) is 0 Å². The molecule has 0 aliphatic carbocycles. The Morgan fingerprint density at radius 3 is 1.90 bits per heavy atom. The minimum Gasteiger partial charge on any atom is -0.496 e. The Hall–Kier alpha value is -2.01. The van der Waals surface area contributed by atoms with Gasteiger partial charge in [-0.25, -0.2) is 0 Å². The molecule has 0 saturated heterocycles. The summed E-state index contributed by atoms with van der Waals surface area (Å²) in [6, 6.07) is 10.3. The molecule has 2 aromatic rings. The van der Waals surface area contributed by atoms with Crippen LogP contribution in [0.4, 0.5) is 0 Å². The summed E-state index contributed by atoms with van der Waals surface area (Å²) in [5.74, 6) is 1.61. The van der Waals surface area contributed by atoms with Gasteiger partial charge in [-0.3, -0.25) is 4.79 Å². The van der Waals surface area contributed by atoms with E-state index in [-0.39, 0.29) is 5.78 Å². The average molecular weight is 351 g/mol. The number of hydrogen-bond acceptors (Lipinski definition) is 4. The molecule has 0 radical (unpaired) electrons. The Morgan fingerprint density at radius 1 is 0.810 bits per heavy atom. The molecule has 110 valence electrons. The first-order chi connectivity index (χ1) is 10.1. The van der Waals surface area contributed by atoms with Crippen LogP contribution < -0.4 is 14.2 Å². The SMILES string of the molecule is COc1cc(C(=O)c2ccc(OC)c(OC)c2)ccc1Br. The van der Waals surface area contributed by atoms with Gasteiger partial charge in [0.1, 0.15) is 5.75 Å². The molecule has 0 aliphatic heterocycles. The largest absolute Gasteiger partial charge is 0.496 e. The second-order valence-corrected chi connectivity index (χ2v) is 5.10. The van der Waals surface area contributed by atoms with Crippen molar-refractivity contribution in [2.45, 2.75) is 0 Å². The van der Waals surface area contributed by atoms with Crippen molar-refractivity contribution in [1.29, 1.82) is 0 Å². The first-order valence-electron chi connectivity index (χ1n) is 6.21. The molecule has 0 fully saturated rings. The van der Waals surface area contributed by atoms with Crippen molar-refractivity contribution < 1.29 is 19.0 Å². The molecule has 0 aliphatic rings. The van der Waals surface area contributed by atoms with Crippen molar-refractivity contribution in [3.8, 4) is 17.2 Å². The lowest BCUT2D eigenvalue weighted by Crippen LogP contribution is -2.03. The average Bonchev–Trinajstić information content (AvgIpc) is 2.53. The third-order valence-electron chi connectivity index (χ3n) is 3.06. The Bertz CT molecular complexity index is 667. The molecule has 0 bridgehead atoms. The lowest BCUT2D eigenvalue weighted by Gasteiger charge is -2.10. The maximum absolute atomic E-state index is 12.5.